The molecule has 0 aliphatic heterocycles. The summed E-state index contributed by atoms with van der Waals surface area (Å²) in [5, 5.41) is 3.97. The van der Waals surface area contributed by atoms with Crippen LogP contribution in [0.5, 0.6) is 0 Å². The van der Waals surface area contributed by atoms with Crippen molar-refractivity contribution in [2.45, 2.75) is 6.04 Å². The van der Waals surface area contributed by atoms with Gasteiger partial charge < -0.3 is 15.2 Å². The lowest BCUT2D eigenvalue weighted by molar-refractivity contribution is -0.144. The minimum Gasteiger partial charge on any atom is -0.467 e. The van der Waals surface area contributed by atoms with Crippen molar-refractivity contribution in [3.05, 3.63) is 16.4 Å². The van der Waals surface area contributed by atoms with E-state index in [2.05, 4.69) is 30.5 Å². The molecule has 0 aliphatic carbocycles. The quantitative estimate of drug-likeness (QED) is 0.793. The van der Waals surface area contributed by atoms with Crippen molar-refractivity contribution in [3.63, 3.8) is 0 Å². The van der Waals surface area contributed by atoms with Gasteiger partial charge in [0.2, 0.25) is 0 Å². The lowest BCUT2D eigenvalue weighted by Crippen LogP contribution is -2.31. The van der Waals surface area contributed by atoms with Gasteiger partial charge in [-0.3, -0.25) is 0 Å². The number of esters is 2. The number of nitrogens with zero attached hydrogens (tertiary/aromatic N) is 2. The SMILES string of the molecule is COC(=O)c1cc(Br)nn1C(CN)C(=O)OC. The van der Waals surface area contributed by atoms with Gasteiger partial charge in [-0.25, -0.2) is 14.3 Å². The Morgan fingerprint density at radius 1 is 1.53 bits per heavy atom. The molecule has 17 heavy (non-hydrogen) atoms. The topological polar surface area (TPSA) is 96.4 Å². The summed E-state index contributed by atoms with van der Waals surface area (Å²) in [5.41, 5.74) is 5.60. The Hall–Kier alpha value is -1.41. The minimum absolute atomic E-state index is 0.0369. The second-order valence-electron chi connectivity index (χ2n) is 3.06. The highest BCUT2D eigenvalue weighted by atomic mass is 79.9. The summed E-state index contributed by atoms with van der Waals surface area (Å²) in [6, 6.07) is 0.581. The van der Waals surface area contributed by atoms with Crippen molar-refractivity contribution in [3.8, 4) is 0 Å². The standard InChI is InChI=1S/C9H12BrN3O4/c1-16-8(14)5-3-7(10)12-13(5)6(4-11)9(15)17-2/h3,6H,4,11H2,1-2H3. The maximum Gasteiger partial charge on any atom is 0.356 e. The van der Waals surface area contributed by atoms with Crippen LogP contribution in [0.25, 0.3) is 0 Å². The van der Waals surface area contributed by atoms with Crippen molar-refractivity contribution in [1.82, 2.24) is 9.78 Å². The first-order valence-electron chi connectivity index (χ1n) is 4.66. The van der Waals surface area contributed by atoms with Crippen LogP contribution in [0.4, 0.5) is 0 Å². The monoisotopic (exact) mass is 305 g/mol. The Kier molecular flexibility index (Phi) is 4.64. The predicted molar refractivity (Wildman–Crippen MR) is 61.4 cm³/mol. The molecule has 8 heteroatoms. The Bertz CT molecular complexity index is 432. The third kappa shape index (κ3) is 2.83. The third-order valence-electron chi connectivity index (χ3n) is 2.09. The Morgan fingerprint density at radius 3 is 2.65 bits per heavy atom. The normalized spacial score (nSPS) is 12.0. The lowest BCUT2D eigenvalue weighted by Gasteiger charge is -2.14. The molecule has 0 bridgehead atoms. The summed E-state index contributed by atoms with van der Waals surface area (Å²) >= 11 is 3.12. The average Bonchev–Trinajstić information content (AvgIpc) is 2.70. The molecule has 1 unspecified atom stereocenters. The first-order chi connectivity index (χ1) is 8.04. The number of carbonyl (C=O) groups is 2. The lowest BCUT2D eigenvalue weighted by atomic mass is 10.3. The van der Waals surface area contributed by atoms with Crippen LogP contribution in [0.2, 0.25) is 0 Å². The highest BCUT2D eigenvalue weighted by Crippen LogP contribution is 2.17. The van der Waals surface area contributed by atoms with Crippen LogP contribution in [0.15, 0.2) is 10.7 Å². The average molecular weight is 306 g/mol. The zero-order valence-electron chi connectivity index (χ0n) is 9.34. The fourth-order valence-electron chi connectivity index (χ4n) is 1.29. The summed E-state index contributed by atoms with van der Waals surface area (Å²) in [7, 11) is 2.48. The van der Waals surface area contributed by atoms with E-state index in [0.29, 0.717) is 4.60 Å². The van der Waals surface area contributed by atoms with Crippen LogP contribution in [-0.4, -0.2) is 42.5 Å². The van der Waals surface area contributed by atoms with Gasteiger partial charge in [-0.15, -0.1) is 0 Å². The smallest absolute Gasteiger partial charge is 0.356 e. The molecule has 0 saturated heterocycles. The van der Waals surface area contributed by atoms with Crippen LogP contribution in [-0.2, 0) is 14.3 Å². The molecule has 0 saturated carbocycles. The van der Waals surface area contributed by atoms with Crippen molar-refractivity contribution in [2.75, 3.05) is 20.8 Å². The zero-order chi connectivity index (χ0) is 13.0. The summed E-state index contributed by atoms with van der Waals surface area (Å²) in [6.07, 6.45) is 0. The van der Waals surface area contributed by atoms with E-state index in [1.807, 2.05) is 0 Å². The van der Waals surface area contributed by atoms with Crippen molar-refractivity contribution < 1.29 is 19.1 Å². The van der Waals surface area contributed by atoms with Gasteiger partial charge >= 0.3 is 11.9 Å². The van der Waals surface area contributed by atoms with E-state index in [-0.39, 0.29) is 12.2 Å². The molecule has 1 aromatic rings. The van der Waals surface area contributed by atoms with Gasteiger partial charge in [0.1, 0.15) is 10.3 Å². The van der Waals surface area contributed by atoms with Crippen molar-refractivity contribution >= 4 is 27.9 Å². The summed E-state index contributed by atoms with van der Waals surface area (Å²) < 4.78 is 10.8. The number of hydrogen-bond donors (Lipinski definition) is 1. The molecule has 1 heterocycles. The van der Waals surface area contributed by atoms with E-state index in [1.54, 1.807) is 0 Å². The Balaban J connectivity index is 3.19. The summed E-state index contributed by atoms with van der Waals surface area (Å²) in [4.78, 5) is 23.0. The van der Waals surface area contributed by atoms with Gasteiger partial charge in [0, 0.05) is 12.6 Å². The number of aromatic nitrogens is 2. The summed E-state index contributed by atoms with van der Waals surface area (Å²) in [5.74, 6) is -1.18. The first-order valence-corrected chi connectivity index (χ1v) is 5.45. The Labute approximate surface area is 106 Å². The summed E-state index contributed by atoms with van der Waals surface area (Å²) in [6.45, 7) is -0.0369. The molecule has 1 atom stereocenters. The number of nitrogens with two attached hydrogens (primary N) is 1. The molecule has 0 aromatic carbocycles. The van der Waals surface area contributed by atoms with Gasteiger partial charge in [0.05, 0.1) is 14.2 Å². The highest BCUT2D eigenvalue weighted by molar-refractivity contribution is 9.10. The van der Waals surface area contributed by atoms with Gasteiger partial charge in [0.15, 0.2) is 6.04 Å². The van der Waals surface area contributed by atoms with Crippen LogP contribution in [0.1, 0.15) is 16.5 Å². The molecule has 0 aliphatic rings. The number of methoxy groups -OCH3 is 2. The van der Waals surface area contributed by atoms with Crippen molar-refractivity contribution in [2.24, 2.45) is 5.73 Å². The molecule has 1 aromatic heterocycles. The predicted octanol–water partition coefficient (Wildman–Crippen LogP) is 0.105. The van der Waals surface area contributed by atoms with E-state index < -0.39 is 18.0 Å². The number of ether oxygens (including phenoxy) is 2. The highest BCUT2D eigenvalue weighted by Gasteiger charge is 2.26. The van der Waals surface area contributed by atoms with Gasteiger partial charge in [0.25, 0.3) is 0 Å². The van der Waals surface area contributed by atoms with Gasteiger partial charge in [-0.2, -0.15) is 5.10 Å². The molecule has 1 rings (SSSR count). The van der Waals surface area contributed by atoms with E-state index in [1.165, 1.54) is 25.0 Å². The van der Waals surface area contributed by atoms with E-state index in [9.17, 15) is 9.59 Å². The number of hydrogen-bond acceptors (Lipinski definition) is 6. The van der Waals surface area contributed by atoms with Crippen LogP contribution < -0.4 is 5.73 Å². The van der Waals surface area contributed by atoms with Crippen LogP contribution in [0.3, 0.4) is 0 Å². The minimum atomic E-state index is -0.861. The molecule has 0 amide bonds. The second-order valence-corrected chi connectivity index (χ2v) is 3.88. The largest absolute Gasteiger partial charge is 0.467 e. The zero-order valence-corrected chi connectivity index (χ0v) is 10.9. The number of carbonyl (C=O) groups excluding carboxylic acids is 2. The van der Waals surface area contributed by atoms with Gasteiger partial charge in [-0.1, -0.05) is 0 Å². The first kappa shape index (κ1) is 13.7. The molecule has 0 spiro atoms. The van der Waals surface area contributed by atoms with Crippen LogP contribution in [0, 0.1) is 0 Å². The third-order valence-corrected chi connectivity index (χ3v) is 2.48. The maximum absolute atomic E-state index is 11.5. The van der Waals surface area contributed by atoms with Crippen molar-refractivity contribution in [1.29, 1.82) is 0 Å². The Morgan fingerprint density at radius 2 is 2.18 bits per heavy atom. The second kappa shape index (κ2) is 5.78. The molecule has 2 N–H and O–H groups in total. The molecule has 0 radical (unpaired) electrons. The fraction of sp³-hybridized carbons (Fsp3) is 0.444. The molecule has 7 nitrogen and oxygen atoms in total. The van der Waals surface area contributed by atoms with E-state index >= 15 is 0 Å². The van der Waals surface area contributed by atoms with Gasteiger partial charge in [-0.05, 0) is 15.9 Å². The number of halogens is 1. The maximum atomic E-state index is 11.5. The fourth-order valence-corrected chi connectivity index (χ4v) is 1.68. The molecule has 94 valence electrons. The number of rotatable bonds is 4. The molecular formula is C9H12BrN3O4. The van der Waals surface area contributed by atoms with Crippen LogP contribution >= 0.6 is 15.9 Å². The molecule has 0 fully saturated rings. The van der Waals surface area contributed by atoms with E-state index in [4.69, 9.17) is 5.73 Å². The molecular weight excluding hydrogens is 294 g/mol. The van der Waals surface area contributed by atoms with E-state index in [0.717, 1.165) is 0 Å².